The summed E-state index contributed by atoms with van der Waals surface area (Å²) in [6, 6.07) is 6.96. The van der Waals surface area contributed by atoms with Crippen LogP contribution in [0.1, 0.15) is 66.8 Å². The number of imidazole rings is 1. The summed E-state index contributed by atoms with van der Waals surface area (Å²) in [7, 11) is 1.58. The number of pyridine rings is 2. The van der Waals surface area contributed by atoms with Crippen molar-refractivity contribution in [1.82, 2.24) is 39.1 Å². The van der Waals surface area contributed by atoms with Crippen molar-refractivity contribution >= 4 is 51.2 Å². The predicted molar refractivity (Wildman–Crippen MR) is 193 cm³/mol. The lowest BCUT2D eigenvalue weighted by molar-refractivity contribution is -0.141. The van der Waals surface area contributed by atoms with E-state index < -0.39 is 41.2 Å². The van der Waals surface area contributed by atoms with Crippen molar-refractivity contribution in [3.8, 4) is 0 Å². The molecule has 6 heterocycles. The molecule has 3 amide bonds. The minimum Gasteiger partial charge on any atom is -0.365 e. The summed E-state index contributed by atoms with van der Waals surface area (Å²) in [5.74, 6) is -1.50. The second kappa shape index (κ2) is 14.2. The number of piperidine rings is 1. The van der Waals surface area contributed by atoms with Gasteiger partial charge in [0.15, 0.2) is 0 Å². The maximum absolute atomic E-state index is 15.5. The van der Waals surface area contributed by atoms with Gasteiger partial charge in [0.25, 0.3) is 5.91 Å². The highest BCUT2D eigenvalue weighted by Crippen LogP contribution is 2.36. The van der Waals surface area contributed by atoms with Gasteiger partial charge in [-0.15, -0.1) is 0 Å². The van der Waals surface area contributed by atoms with E-state index in [1.165, 1.54) is 33.5 Å². The van der Waals surface area contributed by atoms with E-state index in [-0.39, 0.29) is 36.3 Å². The Bertz CT molecular complexity index is 2370. The molecule has 8 rings (SSSR count). The molecule has 1 aliphatic carbocycles. The summed E-state index contributed by atoms with van der Waals surface area (Å²) < 4.78 is 59.4. The number of anilines is 2. The number of aromatic nitrogens is 6. The molecule has 55 heavy (non-hydrogen) atoms. The Kier molecular flexibility index (Phi) is 9.39. The number of halogens is 4. The molecule has 1 unspecified atom stereocenters. The van der Waals surface area contributed by atoms with Crippen molar-refractivity contribution in [3.63, 3.8) is 0 Å². The van der Waals surface area contributed by atoms with Crippen LogP contribution in [0.2, 0.25) is 0 Å². The molecular formula is C37H38F4N10O4. The van der Waals surface area contributed by atoms with Crippen LogP contribution < -0.4 is 21.2 Å². The summed E-state index contributed by atoms with van der Waals surface area (Å²) in [6.45, 7) is 3.48. The Balaban J connectivity index is 0.868. The molecule has 0 radical (unpaired) electrons. The number of imide groups is 1. The average molecular weight is 763 g/mol. The zero-order valence-corrected chi connectivity index (χ0v) is 29.9. The molecule has 18 heteroatoms. The Labute approximate surface area is 311 Å². The largest absolute Gasteiger partial charge is 0.433 e. The SMILES string of the molecule is Cn1c(=O)n(C2CCC(=O)NC2=O)c2ccc(F)c(N3CCN(C[C@H]4CC[C@H](n5cc6cc(NC(=O)c7cccc(C(F)(F)F)n7)ncc6n5)CC4)CC3)c21. The Morgan fingerprint density at radius 3 is 2.49 bits per heavy atom. The molecular weight excluding hydrogens is 724 g/mol. The number of fused-ring (bicyclic) bond motifs is 2. The molecule has 3 fully saturated rings. The third-order valence-corrected chi connectivity index (χ3v) is 11.0. The Morgan fingerprint density at radius 2 is 1.76 bits per heavy atom. The summed E-state index contributed by atoms with van der Waals surface area (Å²) >= 11 is 0. The van der Waals surface area contributed by atoms with Crippen LogP contribution in [-0.4, -0.2) is 84.2 Å². The average Bonchev–Trinajstić information content (AvgIpc) is 3.70. The number of rotatable bonds is 7. The van der Waals surface area contributed by atoms with E-state index in [2.05, 4.69) is 25.5 Å². The van der Waals surface area contributed by atoms with Crippen LogP contribution in [0, 0.1) is 11.7 Å². The number of piperazine rings is 1. The predicted octanol–water partition coefficient (Wildman–Crippen LogP) is 4.42. The first-order chi connectivity index (χ1) is 26.3. The first-order valence-corrected chi connectivity index (χ1v) is 18.2. The van der Waals surface area contributed by atoms with Gasteiger partial charge in [0, 0.05) is 57.8 Å². The fourth-order valence-electron chi connectivity index (χ4n) is 8.17. The highest BCUT2D eigenvalue weighted by molar-refractivity contribution is 6.03. The lowest BCUT2D eigenvalue weighted by atomic mass is 9.85. The van der Waals surface area contributed by atoms with Crippen LogP contribution in [0.5, 0.6) is 0 Å². The molecule has 4 aromatic heterocycles. The molecule has 288 valence electrons. The molecule has 1 aromatic carbocycles. The van der Waals surface area contributed by atoms with Crippen molar-refractivity contribution in [3.05, 3.63) is 76.5 Å². The van der Waals surface area contributed by atoms with Crippen LogP contribution >= 0.6 is 0 Å². The van der Waals surface area contributed by atoms with E-state index in [0.29, 0.717) is 41.2 Å². The number of alkyl halides is 3. The van der Waals surface area contributed by atoms with Crippen LogP contribution in [0.25, 0.3) is 21.9 Å². The van der Waals surface area contributed by atoms with Gasteiger partial charge in [-0.25, -0.2) is 19.2 Å². The van der Waals surface area contributed by atoms with E-state index in [1.807, 2.05) is 15.8 Å². The first-order valence-electron chi connectivity index (χ1n) is 18.2. The number of nitrogens with zero attached hydrogens (tertiary/aromatic N) is 8. The monoisotopic (exact) mass is 762 g/mol. The lowest BCUT2D eigenvalue weighted by Gasteiger charge is -2.39. The maximum atomic E-state index is 15.5. The molecule has 14 nitrogen and oxygen atoms in total. The second-order valence-electron chi connectivity index (χ2n) is 14.5. The molecule has 2 saturated heterocycles. The van der Waals surface area contributed by atoms with Crippen molar-refractivity contribution < 1.29 is 31.9 Å². The summed E-state index contributed by atoms with van der Waals surface area (Å²) in [6.07, 6.45) is 2.89. The quantitative estimate of drug-likeness (QED) is 0.181. The van der Waals surface area contributed by atoms with E-state index in [9.17, 15) is 32.3 Å². The first kappa shape index (κ1) is 36.3. The third-order valence-electron chi connectivity index (χ3n) is 11.0. The number of aryl methyl sites for hydroxylation is 1. The van der Waals surface area contributed by atoms with Gasteiger partial charge in [0.2, 0.25) is 11.8 Å². The normalized spacial score (nSPS) is 21.3. The third kappa shape index (κ3) is 7.05. The highest BCUT2D eigenvalue weighted by atomic mass is 19.4. The molecule has 0 spiro atoms. The number of amides is 3. The van der Waals surface area contributed by atoms with E-state index in [1.54, 1.807) is 13.1 Å². The van der Waals surface area contributed by atoms with Gasteiger partial charge in [0.1, 0.15) is 34.6 Å². The maximum Gasteiger partial charge on any atom is 0.433 e. The fraction of sp³-hybridized carbons (Fsp3) is 0.432. The number of nitrogens with one attached hydrogen (secondary N) is 2. The summed E-state index contributed by atoms with van der Waals surface area (Å²) in [5, 5.41) is 10.3. The van der Waals surface area contributed by atoms with Gasteiger partial charge in [-0.3, -0.25) is 38.4 Å². The topological polar surface area (TPSA) is 152 Å². The Hall–Kier alpha value is -5.65. The van der Waals surface area contributed by atoms with Crippen LogP contribution in [0.15, 0.2) is 53.6 Å². The zero-order chi connectivity index (χ0) is 38.6. The van der Waals surface area contributed by atoms with Crippen LogP contribution in [-0.2, 0) is 22.8 Å². The highest BCUT2D eigenvalue weighted by Gasteiger charge is 2.35. The number of benzene rings is 1. The van der Waals surface area contributed by atoms with E-state index in [4.69, 9.17) is 5.10 Å². The number of carbonyl (C=O) groups is 3. The van der Waals surface area contributed by atoms with Crippen molar-refractivity contribution in [2.24, 2.45) is 13.0 Å². The number of hydrogen-bond donors (Lipinski definition) is 2. The second-order valence-corrected chi connectivity index (χ2v) is 14.5. The molecule has 0 bridgehead atoms. The smallest absolute Gasteiger partial charge is 0.365 e. The molecule has 2 aliphatic heterocycles. The number of hydrogen-bond acceptors (Lipinski definition) is 9. The standard InChI is InChI=1S/C37H38F4N10O4/c1-47-33-27(51(36(47)55)28-11-12-31(52)45-35(28)54)10-9-24(38)32(33)49-15-13-48(14-16-49)19-21-5-7-23(8-6-21)50-20-22-17-30(42-18-26(22)46-50)44-34(53)25-3-2-4-29(43-25)37(39,40)41/h2-4,9-10,17-18,20-21,23,28H,5-8,11-16,19H2,1H3,(H,44,53)(H,45,52,54)/t21-,23-,28?. The fourth-order valence-corrected chi connectivity index (χ4v) is 8.17. The zero-order valence-electron chi connectivity index (χ0n) is 29.9. The van der Waals surface area contributed by atoms with Crippen molar-refractivity contribution in [2.45, 2.75) is 56.8 Å². The lowest BCUT2D eigenvalue weighted by Crippen LogP contribution is -2.48. The molecule has 5 aromatic rings. The molecule has 3 aliphatic rings. The van der Waals surface area contributed by atoms with Crippen LogP contribution in [0.3, 0.4) is 0 Å². The molecule has 2 N–H and O–H groups in total. The van der Waals surface area contributed by atoms with Crippen LogP contribution in [0.4, 0.5) is 29.1 Å². The molecule has 1 saturated carbocycles. The van der Waals surface area contributed by atoms with Crippen molar-refractivity contribution in [2.75, 3.05) is 42.9 Å². The van der Waals surface area contributed by atoms with Gasteiger partial charge in [-0.2, -0.15) is 18.3 Å². The summed E-state index contributed by atoms with van der Waals surface area (Å²) in [5.41, 5.74) is -0.101. The summed E-state index contributed by atoms with van der Waals surface area (Å²) in [4.78, 5) is 62.4. The van der Waals surface area contributed by atoms with Gasteiger partial charge >= 0.3 is 11.9 Å². The molecule has 1 atom stereocenters. The van der Waals surface area contributed by atoms with Gasteiger partial charge in [-0.1, -0.05) is 6.07 Å². The Morgan fingerprint density at radius 1 is 1.00 bits per heavy atom. The van der Waals surface area contributed by atoms with Crippen molar-refractivity contribution in [1.29, 1.82) is 0 Å². The minimum absolute atomic E-state index is 0.121. The van der Waals surface area contributed by atoms with Gasteiger partial charge < -0.3 is 10.2 Å². The van der Waals surface area contributed by atoms with E-state index >= 15 is 4.39 Å². The van der Waals surface area contributed by atoms with E-state index in [0.717, 1.165) is 62.8 Å². The van der Waals surface area contributed by atoms with Gasteiger partial charge in [-0.05, 0) is 68.4 Å². The van der Waals surface area contributed by atoms with Gasteiger partial charge in [0.05, 0.1) is 29.0 Å². The number of carbonyl (C=O) groups excluding carboxylic acids is 3. The minimum atomic E-state index is -4.67.